The maximum atomic E-state index is 11.9. The molecule has 2 rings (SSSR count). The van der Waals surface area contributed by atoms with E-state index in [2.05, 4.69) is 9.69 Å². The first-order valence-corrected chi connectivity index (χ1v) is 7.42. The number of nitrogen functional groups attached to an aromatic ring is 1. The number of nitrogens with one attached hydrogen (secondary N) is 1. The van der Waals surface area contributed by atoms with Crippen molar-refractivity contribution in [3.8, 4) is 0 Å². The Morgan fingerprint density at radius 3 is 2.45 bits per heavy atom. The maximum absolute atomic E-state index is 11.9. The molecular formula is C15H17N3O3S. The second-order valence-corrected chi connectivity index (χ2v) is 5.70. The third kappa shape index (κ3) is 3.43. The molecule has 0 radical (unpaired) electrons. The average Bonchev–Trinajstić information content (AvgIpc) is 2.80. The first-order valence-electron chi connectivity index (χ1n) is 6.65. The van der Waals surface area contributed by atoms with Crippen LogP contribution in [0.4, 0.5) is 10.7 Å². The third-order valence-corrected chi connectivity index (χ3v) is 3.94. The van der Waals surface area contributed by atoms with Crippen LogP contribution < -0.4 is 11.1 Å². The lowest BCUT2D eigenvalue weighted by molar-refractivity contribution is -0.119. The molecule has 0 fully saturated rings. The number of para-hydroxylation sites is 1. The van der Waals surface area contributed by atoms with Crippen LogP contribution >= 0.6 is 11.5 Å². The van der Waals surface area contributed by atoms with Gasteiger partial charge >= 0.3 is 5.97 Å². The van der Waals surface area contributed by atoms with Crippen molar-refractivity contribution in [2.75, 3.05) is 17.7 Å². The molecule has 1 aromatic carbocycles. The van der Waals surface area contributed by atoms with Gasteiger partial charge in [0, 0.05) is 5.69 Å². The number of benzene rings is 1. The van der Waals surface area contributed by atoms with E-state index in [9.17, 15) is 9.59 Å². The number of aryl methyl sites for hydroxylation is 3. The van der Waals surface area contributed by atoms with Crippen LogP contribution in [-0.2, 0) is 9.53 Å². The highest BCUT2D eigenvalue weighted by Crippen LogP contribution is 2.22. The Labute approximate surface area is 132 Å². The highest BCUT2D eigenvalue weighted by atomic mass is 32.1. The lowest BCUT2D eigenvalue weighted by Gasteiger charge is -2.11. The van der Waals surface area contributed by atoms with Crippen molar-refractivity contribution in [3.63, 3.8) is 0 Å². The molecule has 0 unspecified atom stereocenters. The molecule has 0 saturated heterocycles. The smallest absolute Gasteiger partial charge is 0.343 e. The summed E-state index contributed by atoms with van der Waals surface area (Å²) in [5, 5.41) is 3.04. The number of ether oxygens (including phenoxy) is 1. The normalized spacial score (nSPS) is 10.3. The lowest BCUT2D eigenvalue weighted by atomic mass is 10.1. The molecular weight excluding hydrogens is 302 g/mol. The van der Waals surface area contributed by atoms with Gasteiger partial charge in [-0.1, -0.05) is 18.2 Å². The molecule has 1 amide bonds. The van der Waals surface area contributed by atoms with Crippen LogP contribution in [-0.4, -0.2) is 22.9 Å². The number of anilines is 2. The number of hydrogen-bond donors (Lipinski definition) is 2. The molecule has 0 spiro atoms. The molecule has 0 bridgehead atoms. The van der Waals surface area contributed by atoms with Crippen molar-refractivity contribution in [1.29, 1.82) is 0 Å². The fourth-order valence-corrected chi connectivity index (χ4v) is 2.67. The van der Waals surface area contributed by atoms with Crippen LogP contribution in [0.25, 0.3) is 0 Å². The number of nitrogens with two attached hydrogens (primary N) is 1. The average molecular weight is 319 g/mol. The molecule has 0 aliphatic heterocycles. The molecule has 0 aliphatic rings. The third-order valence-electron chi connectivity index (χ3n) is 3.17. The molecule has 7 heteroatoms. The zero-order chi connectivity index (χ0) is 16.3. The largest absolute Gasteiger partial charge is 0.452 e. The van der Waals surface area contributed by atoms with Gasteiger partial charge in [-0.15, -0.1) is 0 Å². The summed E-state index contributed by atoms with van der Waals surface area (Å²) in [6.07, 6.45) is 0. The Morgan fingerprint density at radius 2 is 1.91 bits per heavy atom. The van der Waals surface area contributed by atoms with Crippen LogP contribution in [0, 0.1) is 20.8 Å². The first kappa shape index (κ1) is 16.0. The van der Waals surface area contributed by atoms with Crippen molar-refractivity contribution < 1.29 is 14.3 Å². The lowest BCUT2D eigenvalue weighted by Crippen LogP contribution is -2.22. The number of esters is 1. The number of carbonyl (C=O) groups excluding carboxylic acids is 2. The summed E-state index contributed by atoms with van der Waals surface area (Å²) in [4.78, 5) is 23.9. The van der Waals surface area contributed by atoms with Gasteiger partial charge in [0.15, 0.2) is 6.61 Å². The summed E-state index contributed by atoms with van der Waals surface area (Å²) in [6, 6.07) is 5.71. The van der Waals surface area contributed by atoms with Gasteiger partial charge in [0.1, 0.15) is 10.6 Å². The van der Waals surface area contributed by atoms with Gasteiger partial charge in [-0.2, -0.15) is 4.37 Å². The van der Waals surface area contributed by atoms with Crippen LogP contribution in [0.15, 0.2) is 18.2 Å². The molecule has 116 valence electrons. The Hall–Kier alpha value is -2.41. The number of carbonyl (C=O) groups is 2. The Kier molecular flexibility index (Phi) is 4.77. The summed E-state index contributed by atoms with van der Waals surface area (Å²) in [6.45, 7) is 5.09. The zero-order valence-electron chi connectivity index (χ0n) is 12.6. The van der Waals surface area contributed by atoms with Gasteiger partial charge in [-0.3, -0.25) is 4.79 Å². The summed E-state index contributed by atoms with van der Waals surface area (Å²) in [5.74, 6) is -1.04. The number of aromatic nitrogens is 1. The zero-order valence-corrected chi connectivity index (χ0v) is 13.4. The van der Waals surface area contributed by atoms with Crippen LogP contribution in [0.5, 0.6) is 0 Å². The Morgan fingerprint density at radius 1 is 1.27 bits per heavy atom. The molecule has 1 aromatic heterocycles. The van der Waals surface area contributed by atoms with E-state index < -0.39 is 11.9 Å². The van der Waals surface area contributed by atoms with Crippen molar-refractivity contribution in [2.45, 2.75) is 20.8 Å². The highest BCUT2D eigenvalue weighted by molar-refractivity contribution is 7.10. The number of rotatable bonds is 4. The van der Waals surface area contributed by atoms with Gasteiger partial charge in [0.05, 0.1) is 5.69 Å². The van der Waals surface area contributed by atoms with Crippen LogP contribution in [0.2, 0.25) is 0 Å². The second-order valence-electron chi connectivity index (χ2n) is 4.90. The minimum atomic E-state index is -0.639. The number of nitrogens with zero attached hydrogens (tertiary/aromatic N) is 1. The minimum absolute atomic E-state index is 0.227. The van der Waals surface area contributed by atoms with Crippen molar-refractivity contribution in [3.05, 3.63) is 40.6 Å². The van der Waals surface area contributed by atoms with Crippen LogP contribution in [0.1, 0.15) is 27.2 Å². The predicted molar refractivity (Wildman–Crippen MR) is 86.1 cm³/mol. The first-order chi connectivity index (χ1) is 10.4. The topological polar surface area (TPSA) is 94.3 Å². The van der Waals surface area contributed by atoms with E-state index in [1.54, 1.807) is 6.92 Å². The summed E-state index contributed by atoms with van der Waals surface area (Å²) in [5.41, 5.74) is 9.02. The molecule has 6 nitrogen and oxygen atoms in total. The molecule has 3 N–H and O–H groups in total. The summed E-state index contributed by atoms with van der Waals surface area (Å²) in [7, 11) is 0. The van der Waals surface area contributed by atoms with Crippen molar-refractivity contribution in [1.82, 2.24) is 4.37 Å². The van der Waals surface area contributed by atoms with Crippen molar-refractivity contribution in [2.24, 2.45) is 0 Å². The summed E-state index contributed by atoms with van der Waals surface area (Å²) >= 11 is 1.03. The van der Waals surface area contributed by atoms with E-state index in [1.807, 2.05) is 32.0 Å². The van der Waals surface area contributed by atoms with E-state index in [0.717, 1.165) is 28.3 Å². The minimum Gasteiger partial charge on any atom is -0.452 e. The summed E-state index contributed by atoms with van der Waals surface area (Å²) < 4.78 is 8.97. The molecule has 22 heavy (non-hydrogen) atoms. The molecule has 0 saturated carbocycles. The quantitative estimate of drug-likeness (QED) is 0.844. The molecule has 2 aromatic rings. The van der Waals surface area contributed by atoms with Gasteiger partial charge in [0.2, 0.25) is 0 Å². The fraction of sp³-hybridized carbons (Fsp3) is 0.267. The van der Waals surface area contributed by atoms with Crippen LogP contribution in [0.3, 0.4) is 0 Å². The van der Waals surface area contributed by atoms with Gasteiger partial charge in [0.25, 0.3) is 5.91 Å². The maximum Gasteiger partial charge on any atom is 0.343 e. The second kappa shape index (κ2) is 6.57. The molecule has 0 atom stereocenters. The fourth-order valence-electron chi connectivity index (χ4n) is 2.03. The van der Waals surface area contributed by atoms with E-state index in [0.29, 0.717) is 5.69 Å². The van der Waals surface area contributed by atoms with Crippen molar-refractivity contribution >= 4 is 34.1 Å². The monoisotopic (exact) mass is 319 g/mol. The Bertz CT molecular complexity index is 685. The molecule has 1 heterocycles. The Balaban J connectivity index is 1.98. The standard InChI is InChI=1S/C15H17N3O3S/c1-8-5-4-6-9(2)13(8)17-11(19)7-21-15(20)12-10(3)18-22-14(12)16/h4-6H,7,16H2,1-3H3,(H,17,19). The molecule has 0 aliphatic carbocycles. The van der Waals surface area contributed by atoms with E-state index in [1.165, 1.54) is 0 Å². The predicted octanol–water partition coefficient (Wildman–Crippen LogP) is 2.45. The SMILES string of the molecule is Cc1cccc(C)c1NC(=O)COC(=O)c1c(C)nsc1N. The highest BCUT2D eigenvalue weighted by Gasteiger charge is 2.19. The van der Waals surface area contributed by atoms with Gasteiger partial charge < -0.3 is 15.8 Å². The van der Waals surface area contributed by atoms with E-state index >= 15 is 0 Å². The van der Waals surface area contributed by atoms with E-state index in [-0.39, 0.29) is 17.2 Å². The van der Waals surface area contributed by atoms with E-state index in [4.69, 9.17) is 10.5 Å². The van der Waals surface area contributed by atoms with Gasteiger partial charge in [-0.05, 0) is 43.4 Å². The van der Waals surface area contributed by atoms with Gasteiger partial charge in [-0.25, -0.2) is 4.79 Å². The number of hydrogen-bond acceptors (Lipinski definition) is 6. The number of amides is 1.